The molecule has 2 aromatic rings. The van der Waals surface area contributed by atoms with Crippen LogP contribution in [0.4, 0.5) is 0 Å². The number of rotatable bonds is 3. The van der Waals surface area contributed by atoms with Crippen LogP contribution in [0.15, 0.2) is 12.4 Å². The monoisotopic (exact) mass is 262 g/mol. The van der Waals surface area contributed by atoms with Gasteiger partial charge in [-0.3, -0.25) is 0 Å². The lowest BCUT2D eigenvalue weighted by molar-refractivity contribution is 0.565. The van der Waals surface area contributed by atoms with E-state index in [1.807, 2.05) is 18.0 Å². The molecule has 18 heavy (non-hydrogen) atoms. The second-order valence-corrected chi connectivity index (χ2v) is 5.84. The van der Waals surface area contributed by atoms with E-state index in [2.05, 4.69) is 39.6 Å². The predicted molar refractivity (Wildman–Crippen MR) is 74.9 cm³/mol. The topological polar surface area (TPSA) is 46.5 Å². The molecule has 0 bridgehead atoms. The number of aromatic nitrogens is 4. The first-order chi connectivity index (χ1) is 8.79. The van der Waals surface area contributed by atoms with Crippen LogP contribution in [-0.2, 0) is 6.42 Å². The van der Waals surface area contributed by atoms with Crippen molar-refractivity contribution in [2.45, 2.75) is 32.7 Å². The first kappa shape index (κ1) is 11.8. The summed E-state index contributed by atoms with van der Waals surface area (Å²) in [5.41, 5.74) is 2.12. The Morgan fingerprint density at radius 1 is 1.56 bits per heavy atom. The maximum atomic E-state index is 4.66. The molecule has 96 valence electrons. The summed E-state index contributed by atoms with van der Waals surface area (Å²) in [6.07, 6.45) is 6.14. The molecule has 1 aliphatic heterocycles. The van der Waals surface area contributed by atoms with E-state index in [1.54, 1.807) is 0 Å². The van der Waals surface area contributed by atoms with E-state index in [0.29, 0.717) is 6.04 Å². The number of H-pyrrole nitrogens is 1. The molecule has 5 heteroatoms. The van der Waals surface area contributed by atoms with Crippen LogP contribution in [0.3, 0.4) is 0 Å². The Kier molecular flexibility index (Phi) is 3.16. The number of nitrogens with zero attached hydrogens (tertiary/aromatic N) is 3. The Hall–Kier alpha value is -1.23. The van der Waals surface area contributed by atoms with Crippen LogP contribution in [-0.4, -0.2) is 31.0 Å². The van der Waals surface area contributed by atoms with Gasteiger partial charge in [-0.05, 0) is 19.1 Å². The van der Waals surface area contributed by atoms with E-state index in [1.165, 1.54) is 17.9 Å². The third-order valence-electron chi connectivity index (χ3n) is 3.45. The Balaban J connectivity index is 2.00. The minimum absolute atomic E-state index is 0.577. The number of thioether (sulfide) groups is 1. The quantitative estimate of drug-likeness (QED) is 0.925. The third-order valence-corrected chi connectivity index (χ3v) is 4.59. The lowest BCUT2D eigenvalue weighted by atomic mass is 10.2. The van der Waals surface area contributed by atoms with Gasteiger partial charge >= 0.3 is 0 Å². The summed E-state index contributed by atoms with van der Waals surface area (Å²) in [6.45, 7) is 4.19. The fourth-order valence-electron chi connectivity index (χ4n) is 2.44. The Labute approximate surface area is 111 Å². The van der Waals surface area contributed by atoms with E-state index >= 15 is 0 Å². The van der Waals surface area contributed by atoms with Crippen LogP contribution in [0, 0.1) is 6.92 Å². The van der Waals surface area contributed by atoms with Crippen molar-refractivity contribution in [1.82, 2.24) is 19.5 Å². The third kappa shape index (κ3) is 1.96. The molecule has 0 aromatic carbocycles. The summed E-state index contributed by atoms with van der Waals surface area (Å²) in [6, 6.07) is 0.577. The molecule has 4 nitrogen and oxygen atoms in total. The van der Waals surface area contributed by atoms with Gasteiger partial charge < -0.3 is 9.55 Å². The normalized spacial score (nSPS) is 19.6. The Morgan fingerprint density at radius 2 is 2.44 bits per heavy atom. The molecule has 1 saturated heterocycles. The van der Waals surface area contributed by atoms with Crippen molar-refractivity contribution in [3.63, 3.8) is 0 Å². The average Bonchev–Trinajstić information content (AvgIpc) is 3.07. The number of aromatic amines is 1. The minimum atomic E-state index is 0.577. The van der Waals surface area contributed by atoms with Gasteiger partial charge in [0.05, 0.1) is 0 Å². The molecule has 1 fully saturated rings. The van der Waals surface area contributed by atoms with E-state index in [4.69, 9.17) is 0 Å². The number of hydrogen-bond donors (Lipinski definition) is 1. The molecule has 2 aromatic heterocycles. The van der Waals surface area contributed by atoms with Crippen molar-refractivity contribution in [2.75, 3.05) is 11.5 Å². The molecule has 1 aliphatic rings. The summed E-state index contributed by atoms with van der Waals surface area (Å²) < 4.78 is 2.29. The van der Waals surface area contributed by atoms with Crippen LogP contribution in [0.1, 0.15) is 30.9 Å². The molecule has 1 unspecified atom stereocenters. The van der Waals surface area contributed by atoms with Gasteiger partial charge in [0.1, 0.15) is 11.5 Å². The fraction of sp³-hybridized carbons (Fsp3) is 0.538. The van der Waals surface area contributed by atoms with Gasteiger partial charge in [0, 0.05) is 36.3 Å². The van der Waals surface area contributed by atoms with Gasteiger partial charge in [-0.1, -0.05) is 6.92 Å². The van der Waals surface area contributed by atoms with Crippen LogP contribution in [0.2, 0.25) is 0 Å². The van der Waals surface area contributed by atoms with Crippen LogP contribution in [0.25, 0.3) is 11.5 Å². The second-order valence-electron chi connectivity index (χ2n) is 4.69. The Morgan fingerprint density at radius 3 is 3.11 bits per heavy atom. The zero-order chi connectivity index (χ0) is 12.5. The second kappa shape index (κ2) is 4.80. The van der Waals surface area contributed by atoms with Gasteiger partial charge in [0.2, 0.25) is 0 Å². The van der Waals surface area contributed by atoms with Crippen LogP contribution in [0.5, 0.6) is 0 Å². The van der Waals surface area contributed by atoms with E-state index < -0.39 is 0 Å². The highest BCUT2D eigenvalue weighted by Gasteiger charge is 2.22. The number of hydrogen-bond acceptors (Lipinski definition) is 3. The summed E-state index contributed by atoms with van der Waals surface area (Å²) in [4.78, 5) is 12.5. The molecular weight excluding hydrogens is 244 g/mol. The molecule has 3 heterocycles. The highest BCUT2D eigenvalue weighted by molar-refractivity contribution is 7.99. The summed E-state index contributed by atoms with van der Waals surface area (Å²) in [5.74, 6) is 4.49. The number of imidazole rings is 2. The maximum absolute atomic E-state index is 4.66. The van der Waals surface area contributed by atoms with E-state index in [9.17, 15) is 0 Å². The van der Waals surface area contributed by atoms with Crippen molar-refractivity contribution in [3.05, 3.63) is 23.9 Å². The molecule has 1 N–H and O–H groups in total. The van der Waals surface area contributed by atoms with Crippen molar-refractivity contribution >= 4 is 11.8 Å². The van der Waals surface area contributed by atoms with Crippen LogP contribution < -0.4 is 0 Å². The highest BCUT2D eigenvalue weighted by Crippen LogP contribution is 2.31. The molecule has 0 spiro atoms. The molecule has 0 amide bonds. The van der Waals surface area contributed by atoms with Gasteiger partial charge in [-0.2, -0.15) is 11.8 Å². The smallest absolute Gasteiger partial charge is 0.160 e. The SMILES string of the molecule is CCc1nc(-c2nccn2C2CCSC2)c(C)[nH]1. The number of aryl methyl sites for hydroxylation is 2. The zero-order valence-electron chi connectivity index (χ0n) is 10.8. The molecular formula is C13H18N4S. The van der Waals surface area contributed by atoms with Crippen molar-refractivity contribution in [3.8, 4) is 11.5 Å². The fourth-order valence-corrected chi connectivity index (χ4v) is 3.64. The van der Waals surface area contributed by atoms with E-state index in [-0.39, 0.29) is 0 Å². The van der Waals surface area contributed by atoms with Gasteiger partial charge in [-0.15, -0.1) is 0 Å². The summed E-state index contributed by atoms with van der Waals surface area (Å²) in [7, 11) is 0. The van der Waals surface area contributed by atoms with Crippen molar-refractivity contribution in [2.24, 2.45) is 0 Å². The standard InChI is InChI=1S/C13H18N4S/c1-3-11-15-9(2)12(16-11)13-14-5-6-17(13)10-4-7-18-8-10/h5-6,10H,3-4,7-8H2,1-2H3,(H,15,16). The van der Waals surface area contributed by atoms with Gasteiger partial charge in [-0.25, -0.2) is 9.97 Å². The number of nitrogens with one attached hydrogen (secondary N) is 1. The lowest BCUT2D eigenvalue weighted by Gasteiger charge is -2.13. The molecule has 0 radical (unpaired) electrons. The van der Waals surface area contributed by atoms with E-state index in [0.717, 1.165) is 29.5 Å². The zero-order valence-corrected chi connectivity index (χ0v) is 11.6. The molecule has 0 aliphatic carbocycles. The van der Waals surface area contributed by atoms with Crippen LogP contribution >= 0.6 is 11.8 Å². The summed E-state index contributed by atoms with van der Waals surface area (Å²) >= 11 is 2.02. The molecule has 0 saturated carbocycles. The van der Waals surface area contributed by atoms with Gasteiger partial charge in [0.25, 0.3) is 0 Å². The molecule has 3 rings (SSSR count). The largest absolute Gasteiger partial charge is 0.345 e. The molecule has 1 atom stereocenters. The first-order valence-corrected chi connectivity index (χ1v) is 7.61. The Bertz CT molecular complexity index is 537. The highest BCUT2D eigenvalue weighted by atomic mass is 32.2. The van der Waals surface area contributed by atoms with Gasteiger partial charge in [0.15, 0.2) is 5.82 Å². The summed E-state index contributed by atoms with van der Waals surface area (Å²) in [5, 5.41) is 0. The van der Waals surface area contributed by atoms with Crippen molar-refractivity contribution in [1.29, 1.82) is 0 Å². The minimum Gasteiger partial charge on any atom is -0.345 e. The lowest BCUT2D eigenvalue weighted by Crippen LogP contribution is -2.08. The van der Waals surface area contributed by atoms with Crippen molar-refractivity contribution < 1.29 is 0 Å². The maximum Gasteiger partial charge on any atom is 0.160 e. The average molecular weight is 262 g/mol. The predicted octanol–water partition coefficient (Wildman–Crippen LogP) is 2.82. The first-order valence-electron chi connectivity index (χ1n) is 6.46.